The highest BCUT2D eigenvalue weighted by Gasteiger charge is 2.29. The van der Waals surface area contributed by atoms with Gasteiger partial charge in [-0.1, -0.05) is 18.2 Å². The molecule has 5 heteroatoms. The van der Waals surface area contributed by atoms with Crippen LogP contribution in [0.15, 0.2) is 30.5 Å². The Morgan fingerprint density at radius 1 is 1.32 bits per heavy atom. The Labute approximate surface area is 110 Å². The Morgan fingerprint density at radius 2 is 2.11 bits per heavy atom. The number of amides is 1. The lowest BCUT2D eigenvalue weighted by Gasteiger charge is -2.14. The number of hydrogen-bond acceptors (Lipinski definition) is 3. The Hall–Kier alpha value is -2.14. The van der Waals surface area contributed by atoms with Gasteiger partial charge in [0.25, 0.3) is 11.7 Å². The third kappa shape index (κ3) is 2.02. The van der Waals surface area contributed by atoms with E-state index in [2.05, 4.69) is 4.98 Å². The van der Waals surface area contributed by atoms with E-state index in [0.29, 0.717) is 18.7 Å². The van der Waals surface area contributed by atoms with Crippen LogP contribution in [-0.4, -0.2) is 40.7 Å². The maximum atomic E-state index is 12.3. The van der Waals surface area contributed by atoms with Gasteiger partial charge in [0, 0.05) is 36.2 Å². The lowest BCUT2D eigenvalue weighted by molar-refractivity contribution is -0.125. The minimum absolute atomic E-state index is 0.0141. The van der Waals surface area contributed by atoms with E-state index < -0.39 is 11.7 Å². The van der Waals surface area contributed by atoms with Crippen molar-refractivity contribution in [1.82, 2.24) is 9.88 Å². The molecule has 2 heterocycles. The predicted molar refractivity (Wildman–Crippen MR) is 71.8 cm³/mol. The molecule has 1 aliphatic heterocycles. The molecule has 0 aliphatic carbocycles. The highest BCUT2D eigenvalue weighted by molar-refractivity contribution is 6.44. The second-order valence-electron chi connectivity index (χ2n) is 4.88. The van der Waals surface area contributed by atoms with Crippen molar-refractivity contribution in [3.63, 3.8) is 0 Å². The number of Topliss-reactive ketones (excluding diaryl/α,β-unsaturated/α-hetero) is 1. The summed E-state index contributed by atoms with van der Waals surface area (Å²) in [7, 11) is 0. The number of rotatable bonds is 2. The standard InChI is InChI=1S/C14H15N3O2/c15-9-5-6-17(8-9)14(19)13(18)11-7-16-12-4-2-1-3-10(11)12/h1-4,7,9,16H,5-6,8,15H2. The van der Waals surface area contributed by atoms with E-state index in [4.69, 9.17) is 5.73 Å². The monoisotopic (exact) mass is 257 g/mol. The van der Waals surface area contributed by atoms with Gasteiger partial charge in [-0.15, -0.1) is 0 Å². The smallest absolute Gasteiger partial charge is 0.295 e. The van der Waals surface area contributed by atoms with Crippen LogP contribution in [0.1, 0.15) is 16.8 Å². The lowest BCUT2D eigenvalue weighted by Crippen LogP contribution is -2.36. The number of hydrogen-bond donors (Lipinski definition) is 2. The van der Waals surface area contributed by atoms with Gasteiger partial charge in [0.2, 0.25) is 0 Å². The van der Waals surface area contributed by atoms with Gasteiger partial charge in [0.1, 0.15) is 0 Å². The van der Waals surface area contributed by atoms with Crippen LogP contribution in [0.25, 0.3) is 10.9 Å². The number of fused-ring (bicyclic) bond motifs is 1. The Kier molecular flexibility index (Phi) is 2.83. The number of carbonyl (C=O) groups is 2. The van der Waals surface area contributed by atoms with Crippen LogP contribution in [0.4, 0.5) is 0 Å². The summed E-state index contributed by atoms with van der Waals surface area (Å²) in [5, 5.41) is 0.782. The molecule has 0 radical (unpaired) electrons. The maximum Gasteiger partial charge on any atom is 0.295 e. The molecule has 0 bridgehead atoms. The zero-order chi connectivity index (χ0) is 13.4. The Bertz CT molecular complexity index is 647. The van der Waals surface area contributed by atoms with Crippen LogP contribution < -0.4 is 5.73 Å². The number of carbonyl (C=O) groups excluding carboxylic acids is 2. The van der Waals surface area contributed by atoms with Crippen LogP contribution in [-0.2, 0) is 4.79 Å². The number of nitrogens with zero attached hydrogens (tertiary/aromatic N) is 1. The molecule has 3 rings (SSSR count). The topological polar surface area (TPSA) is 79.2 Å². The second-order valence-corrected chi connectivity index (χ2v) is 4.88. The quantitative estimate of drug-likeness (QED) is 0.620. The number of ketones is 1. The molecular formula is C14H15N3O2. The summed E-state index contributed by atoms with van der Waals surface area (Å²) in [6, 6.07) is 7.43. The minimum atomic E-state index is -0.466. The number of nitrogens with two attached hydrogens (primary N) is 1. The molecule has 0 spiro atoms. The Morgan fingerprint density at radius 3 is 2.84 bits per heavy atom. The molecule has 1 atom stereocenters. The molecule has 1 aliphatic rings. The van der Waals surface area contributed by atoms with Crippen molar-refractivity contribution in [3.8, 4) is 0 Å². The fourth-order valence-corrected chi connectivity index (χ4v) is 2.49. The van der Waals surface area contributed by atoms with Gasteiger partial charge in [0.15, 0.2) is 0 Å². The lowest BCUT2D eigenvalue weighted by atomic mass is 10.1. The van der Waals surface area contributed by atoms with Gasteiger partial charge in [-0.2, -0.15) is 0 Å². The first kappa shape index (κ1) is 11.9. The van der Waals surface area contributed by atoms with Crippen molar-refractivity contribution in [2.75, 3.05) is 13.1 Å². The molecule has 2 aromatic rings. The summed E-state index contributed by atoms with van der Waals surface area (Å²) < 4.78 is 0. The fraction of sp³-hybridized carbons (Fsp3) is 0.286. The third-order valence-electron chi connectivity index (χ3n) is 3.54. The third-order valence-corrected chi connectivity index (χ3v) is 3.54. The van der Waals surface area contributed by atoms with E-state index in [0.717, 1.165) is 17.3 Å². The molecule has 1 aromatic heterocycles. The molecule has 5 nitrogen and oxygen atoms in total. The molecular weight excluding hydrogens is 242 g/mol. The summed E-state index contributed by atoms with van der Waals surface area (Å²) in [6.45, 7) is 1.03. The van der Waals surface area contributed by atoms with Gasteiger partial charge in [0.05, 0.1) is 5.56 Å². The summed E-state index contributed by atoms with van der Waals surface area (Å²) in [5.74, 6) is -0.927. The van der Waals surface area contributed by atoms with E-state index in [1.165, 1.54) is 4.90 Å². The molecule has 0 saturated carbocycles. The zero-order valence-corrected chi connectivity index (χ0v) is 10.4. The summed E-state index contributed by atoms with van der Waals surface area (Å²) in [6.07, 6.45) is 2.35. The number of H-pyrrole nitrogens is 1. The van der Waals surface area contributed by atoms with E-state index in [1.54, 1.807) is 6.20 Å². The average Bonchev–Trinajstić information content (AvgIpc) is 3.03. The number of nitrogens with one attached hydrogen (secondary N) is 1. The van der Waals surface area contributed by atoms with Crippen LogP contribution in [0.2, 0.25) is 0 Å². The van der Waals surface area contributed by atoms with Crippen molar-refractivity contribution < 1.29 is 9.59 Å². The summed E-state index contributed by atoms with van der Waals surface area (Å²) >= 11 is 0. The predicted octanol–water partition coefficient (Wildman–Crippen LogP) is 0.910. The summed E-state index contributed by atoms with van der Waals surface area (Å²) in [5.41, 5.74) is 7.05. The molecule has 1 amide bonds. The molecule has 98 valence electrons. The van der Waals surface area contributed by atoms with Gasteiger partial charge >= 0.3 is 0 Å². The first-order chi connectivity index (χ1) is 9.16. The second kappa shape index (κ2) is 4.51. The van der Waals surface area contributed by atoms with E-state index in [1.807, 2.05) is 24.3 Å². The molecule has 19 heavy (non-hydrogen) atoms. The van der Waals surface area contributed by atoms with Gasteiger partial charge in [-0.05, 0) is 12.5 Å². The first-order valence-corrected chi connectivity index (χ1v) is 6.32. The first-order valence-electron chi connectivity index (χ1n) is 6.32. The SMILES string of the molecule is NC1CCN(C(=O)C(=O)c2c[nH]c3ccccc23)C1. The highest BCUT2D eigenvalue weighted by atomic mass is 16.2. The largest absolute Gasteiger partial charge is 0.360 e. The zero-order valence-electron chi connectivity index (χ0n) is 10.4. The highest BCUT2D eigenvalue weighted by Crippen LogP contribution is 2.19. The van der Waals surface area contributed by atoms with E-state index >= 15 is 0 Å². The molecule has 1 saturated heterocycles. The fourth-order valence-electron chi connectivity index (χ4n) is 2.49. The summed E-state index contributed by atoms with van der Waals surface area (Å²) in [4.78, 5) is 28.9. The number of likely N-dealkylation sites (tertiary alicyclic amines) is 1. The van der Waals surface area contributed by atoms with Gasteiger partial charge in [-0.25, -0.2) is 0 Å². The molecule has 3 N–H and O–H groups in total. The number of benzene rings is 1. The van der Waals surface area contributed by atoms with Crippen molar-refractivity contribution in [2.45, 2.75) is 12.5 Å². The Balaban J connectivity index is 1.89. The minimum Gasteiger partial charge on any atom is -0.360 e. The van der Waals surface area contributed by atoms with Crippen LogP contribution in [0, 0.1) is 0 Å². The van der Waals surface area contributed by atoms with Crippen LogP contribution in [0.3, 0.4) is 0 Å². The molecule has 1 aromatic carbocycles. The normalized spacial score (nSPS) is 19.0. The van der Waals surface area contributed by atoms with Crippen molar-refractivity contribution in [2.24, 2.45) is 5.73 Å². The number of aromatic amines is 1. The maximum absolute atomic E-state index is 12.3. The van der Waals surface area contributed by atoms with Crippen molar-refractivity contribution in [3.05, 3.63) is 36.0 Å². The average molecular weight is 257 g/mol. The van der Waals surface area contributed by atoms with E-state index in [-0.39, 0.29) is 6.04 Å². The van der Waals surface area contributed by atoms with E-state index in [9.17, 15) is 9.59 Å². The molecule has 1 fully saturated rings. The van der Waals surface area contributed by atoms with Crippen LogP contribution in [0.5, 0.6) is 0 Å². The number of aromatic nitrogens is 1. The van der Waals surface area contributed by atoms with Gasteiger partial charge < -0.3 is 15.6 Å². The molecule has 1 unspecified atom stereocenters. The van der Waals surface area contributed by atoms with Gasteiger partial charge in [-0.3, -0.25) is 9.59 Å². The van der Waals surface area contributed by atoms with Crippen molar-refractivity contribution >= 4 is 22.6 Å². The van der Waals surface area contributed by atoms with Crippen LogP contribution >= 0.6 is 0 Å². The number of para-hydroxylation sites is 1. The van der Waals surface area contributed by atoms with Crippen molar-refractivity contribution in [1.29, 1.82) is 0 Å².